The van der Waals surface area contributed by atoms with Crippen LogP contribution in [0.2, 0.25) is 0 Å². The lowest BCUT2D eigenvalue weighted by molar-refractivity contribution is -0.136. The fraction of sp³-hybridized carbons (Fsp3) is 0.565. The predicted octanol–water partition coefficient (Wildman–Crippen LogP) is 4.01. The zero-order valence-corrected chi connectivity index (χ0v) is 19.3. The quantitative estimate of drug-likeness (QED) is 0.565. The smallest absolute Gasteiger partial charge is 0.309 e. The van der Waals surface area contributed by atoms with Gasteiger partial charge in [-0.3, -0.25) is 4.79 Å². The molecule has 1 aliphatic rings. The molecular weight excluding hydrogens is 418 g/mol. The molecule has 1 fully saturated rings. The van der Waals surface area contributed by atoms with Crippen LogP contribution in [0.4, 0.5) is 0 Å². The number of aliphatic carboxylic acids is 1. The summed E-state index contributed by atoms with van der Waals surface area (Å²) < 4.78 is 17.3. The summed E-state index contributed by atoms with van der Waals surface area (Å²) >= 11 is 1.46. The van der Waals surface area contributed by atoms with Crippen LogP contribution in [0.25, 0.3) is 0 Å². The van der Waals surface area contributed by atoms with Crippen molar-refractivity contribution < 1.29 is 29.2 Å². The maximum absolute atomic E-state index is 11.3. The molecule has 0 aliphatic heterocycles. The monoisotopic (exact) mass is 449 g/mol. The Kier molecular flexibility index (Phi) is 7.91. The lowest BCUT2D eigenvalue weighted by atomic mass is 9.99. The number of methoxy groups -OCH3 is 2. The highest BCUT2D eigenvalue weighted by Crippen LogP contribution is 2.36. The maximum atomic E-state index is 11.3. The van der Waals surface area contributed by atoms with Crippen LogP contribution in [0.15, 0.2) is 12.1 Å². The van der Waals surface area contributed by atoms with Gasteiger partial charge < -0.3 is 24.4 Å². The number of carbonyl (C=O) groups is 1. The van der Waals surface area contributed by atoms with Crippen molar-refractivity contribution >= 4 is 17.3 Å². The average Bonchev–Trinajstić information content (AvgIpc) is 3.36. The normalized spacial score (nSPS) is 16.3. The fourth-order valence-electron chi connectivity index (χ4n) is 4.05. The first kappa shape index (κ1) is 23.5. The molecule has 0 saturated heterocycles. The number of nitrogens with zero attached hydrogens (tertiary/aromatic N) is 1. The van der Waals surface area contributed by atoms with Crippen LogP contribution in [0.5, 0.6) is 11.5 Å². The number of rotatable bonds is 10. The van der Waals surface area contributed by atoms with Gasteiger partial charge in [-0.1, -0.05) is 12.8 Å². The van der Waals surface area contributed by atoms with E-state index in [1.807, 2.05) is 26.0 Å². The SMILES string of the molecule is COc1cc([C@@H](O)[C@H](Cc2nc(CC(=O)O)c(C)s2)OC2CCCC2)cc(OC)c1C. The van der Waals surface area contributed by atoms with E-state index in [0.717, 1.165) is 41.1 Å². The van der Waals surface area contributed by atoms with Crippen molar-refractivity contribution in [3.63, 3.8) is 0 Å². The van der Waals surface area contributed by atoms with Crippen molar-refractivity contribution in [1.29, 1.82) is 0 Å². The first-order valence-electron chi connectivity index (χ1n) is 10.5. The summed E-state index contributed by atoms with van der Waals surface area (Å²) in [5.74, 6) is 0.376. The first-order valence-corrected chi connectivity index (χ1v) is 11.4. The van der Waals surface area contributed by atoms with Gasteiger partial charge >= 0.3 is 5.97 Å². The Morgan fingerprint density at radius 2 is 1.81 bits per heavy atom. The predicted molar refractivity (Wildman–Crippen MR) is 118 cm³/mol. The molecule has 3 rings (SSSR count). The minimum Gasteiger partial charge on any atom is -0.496 e. The van der Waals surface area contributed by atoms with Gasteiger partial charge in [0.2, 0.25) is 0 Å². The van der Waals surface area contributed by atoms with E-state index in [2.05, 4.69) is 4.98 Å². The molecule has 1 aromatic heterocycles. The molecule has 0 bridgehead atoms. The van der Waals surface area contributed by atoms with Crippen molar-refractivity contribution in [2.45, 2.75) is 70.7 Å². The number of aliphatic hydroxyl groups is 1. The minimum atomic E-state index is -0.906. The molecule has 8 heteroatoms. The third-order valence-corrected chi connectivity index (χ3v) is 6.80. The summed E-state index contributed by atoms with van der Waals surface area (Å²) in [6, 6.07) is 3.63. The van der Waals surface area contributed by atoms with Crippen LogP contribution < -0.4 is 9.47 Å². The van der Waals surface area contributed by atoms with Gasteiger partial charge in [-0.25, -0.2) is 4.98 Å². The Hall–Kier alpha value is -2.16. The Morgan fingerprint density at radius 3 is 2.35 bits per heavy atom. The molecule has 1 aromatic carbocycles. The van der Waals surface area contributed by atoms with Crippen molar-refractivity contribution in [2.75, 3.05) is 14.2 Å². The van der Waals surface area contributed by atoms with E-state index < -0.39 is 18.2 Å². The number of carboxylic acids is 1. The summed E-state index contributed by atoms with van der Waals surface area (Å²) in [6.45, 7) is 3.78. The van der Waals surface area contributed by atoms with Crippen LogP contribution >= 0.6 is 11.3 Å². The number of aliphatic hydroxyl groups excluding tert-OH is 1. The van der Waals surface area contributed by atoms with Gasteiger partial charge in [0.1, 0.15) is 17.6 Å². The summed E-state index contributed by atoms with van der Waals surface area (Å²) in [4.78, 5) is 16.5. The van der Waals surface area contributed by atoms with Crippen LogP contribution in [0.3, 0.4) is 0 Å². The highest BCUT2D eigenvalue weighted by Gasteiger charge is 2.30. The second-order valence-corrected chi connectivity index (χ2v) is 9.25. The highest BCUT2D eigenvalue weighted by atomic mass is 32.1. The summed E-state index contributed by atoms with van der Waals surface area (Å²) in [5.41, 5.74) is 2.09. The van der Waals surface area contributed by atoms with E-state index in [9.17, 15) is 9.90 Å². The van der Waals surface area contributed by atoms with Gasteiger partial charge in [-0.15, -0.1) is 11.3 Å². The van der Waals surface area contributed by atoms with Crippen LogP contribution in [0, 0.1) is 13.8 Å². The van der Waals surface area contributed by atoms with E-state index in [1.165, 1.54) is 11.3 Å². The largest absolute Gasteiger partial charge is 0.496 e. The Morgan fingerprint density at radius 1 is 1.19 bits per heavy atom. The standard InChI is InChI=1S/C23H31NO6S/c1-13-18(28-3)9-15(10-19(13)29-4)23(27)20(30-16-7-5-6-8-16)12-21-24-17(11-22(25)26)14(2)31-21/h9-10,16,20,23,27H,5-8,11-12H2,1-4H3,(H,25,26)/t20-,23+/m0/s1. The van der Waals surface area contributed by atoms with Gasteiger partial charge in [0, 0.05) is 16.9 Å². The van der Waals surface area contributed by atoms with Crippen LogP contribution in [-0.2, 0) is 22.4 Å². The third-order valence-electron chi connectivity index (χ3n) is 5.77. The van der Waals surface area contributed by atoms with Gasteiger partial charge in [-0.05, 0) is 44.4 Å². The molecular formula is C23H31NO6S. The molecule has 0 unspecified atom stereocenters. The number of aryl methyl sites for hydroxylation is 1. The molecule has 0 radical (unpaired) electrons. The molecule has 0 spiro atoms. The van der Waals surface area contributed by atoms with Gasteiger partial charge in [-0.2, -0.15) is 0 Å². The summed E-state index contributed by atoms with van der Waals surface area (Å²) in [6.07, 6.45) is 3.19. The molecule has 31 heavy (non-hydrogen) atoms. The van der Waals surface area contributed by atoms with Crippen LogP contribution in [-0.4, -0.2) is 47.6 Å². The zero-order valence-electron chi connectivity index (χ0n) is 18.5. The van der Waals surface area contributed by atoms with E-state index in [-0.39, 0.29) is 12.5 Å². The summed E-state index contributed by atoms with van der Waals surface area (Å²) in [7, 11) is 3.18. The van der Waals surface area contributed by atoms with Gasteiger partial charge in [0.05, 0.1) is 43.5 Å². The van der Waals surface area contributed by atoms with Gasteiger partial charge in [0.15, 0.2) is 0 Å². The third kappa shape index (κ3) is 5.75. The average molecular weight is 450 g/mol. The van der Waals surface area contributed by atoms with Crippen molar-refractivity contribution in [3.05, 3.63) is 38.8 Å². The molecule has 7 nitrogen and oxygen atoms in total. The van der Waals surface area contributed by atoms with Crippen molar-refractivity contribution in [3.8, 4) is 11.5 Å². The second-order valence-electron chi connectivity index (χ2n) is 7.96. The number of benzene rings is 1. The second kappa shape index (κ2) is 10.4. The Bertz CT molecular complexity index is 880. The molecule has 1 aliphatic carbocycles. The lowest BCUT2D eigenvalue weighted by Gasteiger charge is -2.27. The van der Waals surface area contributed by atoms with E-state index in [1.54, 1.807) is 14.2 Å². The number of aromatic nitrogens is 1. The van der Waals surface area contributed by atoms with E-state index in [4.69, 9.17) is 19.3 Å². The molecule has 2 N–H and O–H groups in total. The maximum Gasteiger partial charge on any atom is 0.309 e. The number of ether oxygens (including phenoxy) is 3. The molecule has 2 atom stereocenters. The zero-order chi connectivity index (χ0) is 22.5. The number of carboxylic acid groups (broad SMARTS) is 1. The topological polar surface area (TPSA) is 98.1 Å². The van der Waals surface area contributed by atoms with Crippen molar-refractivity contribution in [2.24, 2.45) is 0 Å². The molecule has 0 amide bonds. The highest BCUT2D eigenvalue weighted by molar-refractivity contribution is 7.11. The molecule has 1 heterocycles. The molecule has 2 aromatic rings. The molecule has 170 valence electrons. The Labute approximate surface area is 187 Å². The summed E-state index contributed by atoms with van der Waals surface area (Å²) in [5, 5.41) is 21.2. The molecule has 1 saturated carbocycles. The van der Waals surface area contributed by atoms with Crippen molar-refractivity contribution in [1.82, 2.24) is 4.98 Å². The Balaban J connectivity index is 1.89. The van der Waals surface area contributed by atoms with E-state index >= 15 is 0 Å². The minimum absolute atomic E-state index is 0.105. The van der Waals surface area contributed by atoms with Crippen LogP contribution in [0.1, 0.15) is 58.5 Å². The lowest BCUT2D eigenvalue weighted by Crippen LogP contribution is -2.29. The number of hydrogen-bond acceptors (Lipinski definition) is 7. The number of hydrogen-bond donors (Lipinski definition) is 2. The first-order chi connectivity index (χ1) is 14.8. The van der Waals surface area contributed by atoms with E-state index in [0.29, 0.717) is 29.2 Å². The van der Waals surface area contributed by atoms with Gasteiger partial charge in [0.25, 0.3) is 0 Å². The number of thiazole rings is 1. The fourth-order valence-corrected chi connectivity index (χ4v) is 5.04.